The number of ether oxygens (including phenoxy) is 2. The van der Waals surface area contributed by atoms with Crippen molar-refractivity contribution >= 4 is 17.4 Å². The van der Waals surface area contributed by atoms with Crippen molar-refractivity contribution in [2.75, 3.05) is 12.8 Å². The van der Waals surface area contributed by atoms with E-state index in [1.54, 1.807) is 31.4 Å². The van der Waals surface area contributed by atoms with Gasteiger partial charge < -0.3 is 15.2 Å². The minimum atomic E-state index is 0.254. The highest BCUT2D eigenvalue weighted by Gasteiger charge is 2.10. The van der Waals surface area contributed by atoms with Crippen LogP contribution in [0.3, 0.4) is 0 Å². The number of nitrogens with zero attached hydrogens (tertiary/aromatic N) is 1. The Labute approximate surface area is 97.1 Å². The predicted molar refractivity (Wildman–Crippen MR) is 61.1 cm³/mol. The van der Waals surface area contributed by atoms with Crippen molar-refractivity contribution in [1.82, 2.24) is 10.2 Å². The van der Waals surface area contributed by atoms with Crippen LogP contribution in [0.25, 0.3) is 0 Å². The van der Waals surface area contributed by atoms with Gasteiger partial charge in [-0.1, -0.05) is 11.6 Å². The van der Waals surface area contributed by atoms with Crippen LogP contribution in [0.4, 0.5) is 5.82 Å². The second-order valence-electron chi connectivity index (χ2n) is 3.03. The number of benzene rings is 1. The Bertz CT molecular complexity index is 481. The SMILES string of the molecule is COc1ccc(Oc2n[nH]c(N)c2Cl)cc1. The van der Waals surface area contributed by atoms with Gasteiger partial charge in [-0.25, -0.2) is 0 Å². The summed E-state index contributed by atoms with van der Waals surface area (Å²) in [6, 6.07) is 7.05. The molecule has 0 aliphatic carbocycles. The molecular weight excluding hydrogens is 230 g/mol. The third-order valence-corrected chi connectivity index (χ3v) is 2.34. The van der Waals surface area contributed by atoms with Gasteiger partial charge >= 0.3 is 0 Å². The molecule has 0 atom stereocenters. The monoisotopic (exact) mass is 239 g/mol. The van der Waals surface area contributed by atoms with Crippen LogP contribution in [0, 0.1) is 0 Å². The fraction of sp³-hybridized carbons (Fsp3) is 0.100. The highest BCUT2D eigenvalue weighted by Crippen LogP contribution is 2.31. The lowest BCUT2D eigenvalue weighted by Crippen LogP contribution is -1.86. The number of halogens is 1. The van der Waals surface area contributed by atoms with Gasteiger partial charge in [0.2, 0.25) is 0 Å². The van der Waals surface area contributed by atoms with Crippen LogP contribution in [0.1, 0.15) is 0 Å². The number of nitrogens with one attached hydrogen (secondary N) is 1. The van der Waals surface area contributed by atoms with Crippen molar-refractivity contribution in [1.29, 1.82) is 0 Å². The summed E-state index contributed by atoms with van der Waals surface area (Å²) < 4.78 is 10.4. The first-order chi connectivity index (χ1) is 7.70. The van der Waals surface area contributed by atoms with Crippen molar-refractivity contribution < 1.29 is 9.47 Å². The smallest absolute Gasteiger partial charge is 0.259 e. The first-order valence-corrected chi connectivity index (χ1v) is 4.89. The summed E-state index contributed by atoms with van der Waals surface area (Å²) in [7, 11) is 1.60. The largest absolute Gasteiger partial charge is 0.497 e. The summed E-state index contributed by atoms with van der Waals surface area (Å²) in [6.45, 7) is 0. The van der Waals surface area contributed by atoms with E-state index in [1.165, 1.54) is 0 Å². The molecular formula is C10H10ClN3O2. The number of aromatic nitrogens is 2. The van der Waals surface area contributed by atoms with Crippen molar-refractivity contribution in [3.8, 4) is 17.4 Å². The first-order valence-electron chi connectivity index (χ1n) is 4.52. The van der Waals surface area contributed by atoms with Crippen LogP contribution in [0.5, 0.6) is 17.4 Å². The summed E-state index contributed by atoms with van der Waals surface area (Å²) in [5, 5.41) is 6.62. The standard InChI is InChI=1S/C10H10ClN3O2/c1-15-6-2-4-7(5-3-6)16-10-8(11)9(12)13-14-10/h2-5H,1H3,(H3,12,13,14). The number of nitrogens with two attached hydrogens (primary N) is 1. The lowest BCUT2D eigenvalue weighted by atomic mass is 10.3. The molecule has 0 amide bonds. The molecule has 0 unspecified atom stereocenters. The predicted octanol–water partition coefficient (Wildman–Crippen LogP) is 2.45. The van der Waals surface area contributed by atoms with Crippen LogP contribution in [-0.4, -0.2) is 17.3 Å². The molecule has 0 bridgehead atoms. The number of hydrogen-bond acceptors (Lipinski definition) is 4. The Morgan fingerprint density at radius 2 is 1.88 bits per heavy atom. The number of hydrogen-bond donors (Lipinski definition) is 2. The Hall–Kier alpha value is -1.88. The van der Waals surface area contributed by atoms with Gasteiger partial charge in [0, 0.05) is 0 Å². The first kappa shape index (κ1) is 10.6. The van der Waals surface area contributed by atoms with Gasteiger partial charge in [-0.05, 0) is 24.3 Å². The number of nitrogen functional groups attached to an aromatic ring is 1. The summed E-state index contributed by atoms with van der Waals surface area (Å²) in [5.74, 6) is 1.89. The van der Waals surface area contributed by atoms with Gasteiger partial charge in [0.25, 0.3) is 5.88 Å². The topological polar surface area (TPSA) is 73.2 Å². The van der Waals surface area contributed by atoms with Crippen molar-refractivity contribution in [2.24, 2.45) is 0 Å². The molecule has 2 aromatic rings. The fourth-order valence-electron chi connectivity index (χ4n) is 1.15. The molecule has 0 saturated carbocycles. The lowest BCUT2D eigenvalue weighted by Gasteiger charge is -2.03. The number of aromatic amines is 1. The summed E-state index contributed by atoms with van der Waals surface area (Å²) in [5.41, 5.74) is 5.49. The molecule has 0 fully saturated rings. The molecule has 0 spiro atoms. The van der Waals surface area contributed by atoms with Crippen LogP contribution in [0.2, 0.25) is 5.02 Å². The second-order valence-corrected chi connectivity index (χ2v) is 3.41. The minimum Gasteiger partial charge on any atom is -0.497 e. The van der Waals surface area contributed by atoms with Gasteiger partial charge in [-0.15, -0.1) is 5.10 Å². The van der Waals surface area contributed by atoms with Crippen molar-refractivity contribution in [3.63, 3.8) is 0 Å². The molecule has 1 aromatic carbocycles. The van der Waals surface area contributed by atoms with E-state index in [1.807, 2.05) is 0 Å². The van der Waals surface area contributed by atoms with E-state index in [9.17, 15) is 0 Å². The third-order valence-electron chi connectivity index (χ3n) is 1.98. The van der Waals surface area contributed by atoms with E-state index in [0.717, 1.165) is 5.75 Å². The summed E-state index contributed by atoms with van der Waals surface area (Å²) in [6.07, 6.45) is 0. The molecule has 0 radical (unpaired) electrons. The van der Waals surface area contributed by atoms with Gasteiger partial charge in [0.1, 0.15) is 22.3 Å². The molecule has 0 aliphatic rings. The molecule has 6 heteroatoms. The van der Waals surface area contributed by atoms with Crippen LogP contribution in [0.15, 0.2) is 24.3 Å². The van der Waals surface area contributed by atoms with Gasteiger partial charge in [-0.2, -0.15) is 0 Å². The van der Waals surface area contributed by atoms with Gasteiger partial charge in [0.15, 0.2) is 0 Å². The zero-order chi connectivity index (χ0) is 11.5. The van der Waals surface area contributed by atoms with E-state index in [-0.39, 0.29) is 16.7 Å². The maximum absolute atomic E-state index is 5.85. The molecule has 0 aliphatic heterocycles. The molecule has 5 nitrogen and oxygen atoms in total. The highest BCUT2D eigenvalue weighted by molar-refractivity contribution is 6.34. The Balaban J connectivity index is 2.17. The Morgan fingerprint density at radius 3 is 2.38 bits per heavy atom. The Kier molecular flexibility index (Phi) is 2.87. The number of rotatable bonds is 3. The van der Waals surface area contributed by atoms with E-state index >= 15 is 0 Å². The maximum atomic E-state index is 5.85. The van der Waals surface area contributed by atoms with Crippen molar-refractivity contribution in [3.05, 3.63) is 29.3 Å². The van der Waals surface area contributed by atoms with Crippen LogP contribution < -0.4 is 15.2 Å². The molecule has 2 rings (SSSR count). The normalized spacial score (nSPS) is 10.1. The number of H-pyrrole nitrogens is 1. The average molecular weight is 240 g/mol. The lowest BCUT2D eigenvalue weighted by molar-refractivity contribution is 0.412. The van der Waals surface area contributed by atoms with E-state index in [0.29, 0.717) is 5.75 Å². The fourth-order valence-corrected chi connectivity index (χ4v) is 1.27. The summed E-state index contributed by atoms with van der Waals surface area (Å²) in [4.78, 5) is 0. The average Bonchev–Trinajstić information content (AvgIpc) is 2.62. The highest BCUT2D eigenvalue weighted by atomic mass is 35.5. The number of anilines is 1. The molecule has 0 saturated heterocycles. The summed E-state index contributed by atoms with van der Waals surface area (Å²) >= 11 is 5.85. The molecule has 84 valence electrons. The van der Waals surface area contributed by atoms with Crippen molar-refractivity contribution in [2.45, 2.75) is 0 Å². The minimum absolute atomic E-state index is 0.254. The van der Waals surface area contributed by atoms with E-state index < -0.39 is 0 Å². The molecule has 1 heterocycles. The quantitative estimate of drug-likeness (QED) is 0.863. The maximum Gasteiger partial charge on any atom is 0.259 e. The van der Waals surface area contributed by atoms with Gasteiger partial charge in [0.05, 0.1) is 7.11 Å². The zero-order valence-corrected chi connectivity index (χ0v) is 9.28. The van der Waals surface area contributed by atoms with Crippen LogP contribution >= 0.6 is 11.6 Å². The second kappa shape index (κ2) is 4.32. The number of methoxy groups -OCH3 is 1. The zero-order valence-electron chi connectivity index (χ0n) is 8.53. The van der Waals surface area contributed by atoms with E-state index in [2.05, 4.69) is 10.2 Å². The van der Waals surface area contributed by atoms with E-state index in [4.69, 9.17) is 26.8 Å². The van der Waals surface area contributed by atoms with Crippen LogP contribution in [-0.2, 0) is 0 Å². The van der Waals surface area contributed by atoms with Gasteiger partial charge in [-0.3, -0.25) is 5.10 Å². The molecule has 1 aromatic heterocycles. The molecule has 3 N–H and O–H groups in total. The Morgan fingerprint density at radius 1 is 1.25 bits per heavy atom. The molecule has 16 heavy (non-hydrogen) atoms. The third kappa shape index (κ3) is 2.04.